The minimum atomic E-state index is -3.65. The van der Waals surface area contributed by atoms with Crippen molar-refractivity contribution in [1.82, 2.24) is 4.90 Å². The van der Waals surface area contributed by atoms with Gasteiger partial charge in [0.2, 0.25) is 10.0 Å². The smallest absolute Gasteiger partial charge is 0.238 e. The van der Waals surface area contributed by atoms with Crippen LogP contribution in [0.1, 0.15) is 25.7 Å². The van der Waals surface area contributed by atoms with E-state index in [1.54, 1.807) is 12.1 Å². The number of hydrogen-bond donors (Lipinski definition) is 2. The second-order valence-electron chi connectivity index (χ2n) is 5.63. The standard InChI is InChI=1S/C15H25N3O3S.ClH/c16-9-8-13-3-1-2-10-18(13)11-12-21-14-4-6-15(7-5-14)22(17,19)20;/h4-7,13H,1-3,8-12,16H2,(H2,17,19,20);1H. The summed E-state index contributed by atoms with van der Waals surface area (Å²) in [6.45, 7) is 3.26. The van der Waals surface area contributed by atoms with Crippen LogP contribution in [0.5, 0.6) is 5.75 Å². The summed E-state index contributed by atoms with van der Waals surface area (Å²) in [7, 11) is -3.65. The molecule has 1 heterocycles. The number of ether oxygens (including phenoxy) is 1. The Kier molecular flexibility index (Phi) is 8.28. The molecule has 1 unspecified atom stereocenters. The number of rotatable bonds is 7. The van der Waals surface area contributed by atoms with Crippen molar-refractivity contribution in [2.24, 2.45) is 10.9 Å². The molecule has 0 saturated carbocycles. The van der Waals surface area contributed by atoms with Crippen LogP contribution < -0.4 is 15.6 Å². The van der Waals surface area contributed by atoms with E-state index in [0.29, 0.717) is 18.4 Å². The van der Waals surface area contributed by atoms with Crippen LogP contribution >= 0.6 is 12.4 Å². The Morgan fingerprint density at radius 3 is 2.52 bits per heavy atom. The van der Waals surface area contributed by atoms with Gasteiger partial charge in [0, 0.05) is 12.6 Å². The average Bonchev–Trinajstić information content (AvgIpc) is 2.49. The lowest BCUT2D eigenvalue weighted by molar-refractivity contribution is 0.118. The minimum absolute atomic E-state index is 0. The van der Waals surface area contributed by atoms with Crippen molar-refractivity contribution in [1.29, 1.82) is 0 Å². The molecule has 1 fully saturated rings. The zero-order chi connectivity index (χ0) is 16.0. The van der Waals surface area contributed by atoms with Crippen molar-refractivity contribution in [3.8, 4) is 5.75 Å². The fraction of sp³-hybridized carbons (Fsp3) is 0.600. The topological polar surface area (TPSA) is 98.6 Å². The highest BCUT2D eigenvalue weighted by molar-refractivity contribution is 7.89. The number of piperidine rings is 1. The number of likely N-dealkylation sites (tertiary alicyclic amines) is 1. The molecular weight excluding hydrogens is 338 g/mol. The van der Waals surface area contributed by atoms with E-state index in [1.807, 2.05) is 0 Å². The molecule has 132 valence electrons. The second kappa shape index (κ2) is 9.44. The van der Waals surface area contributed by atoms with Gasteiger partial charge in [0.25, 0.3) is 0 Å². The molecule has 1 aromatic carbocycles. The van der Waals surface area contributed by atoms with Gasteiger partial charge in [-0.25, -0.2) is 13.6 Å². The Balaban J connectivity index is 0.00000264. The first-order chi connectivity index (χ1) is 10.5. The Morgan fingerprint density at radius 1 is 1.22 bits per heavy atom. The largest absolute Gasteiger partial charge is 0.492 e. The zero-order valence-electron chi connectivity index (χ0n) is 13.2. The number of benzene rings is 1. The van der Waals surface area contributed by atoms with Crippen LogP contribution in [0.25, 0.3) is 0 Å². The molecule has 0 amide bonds. The van der Waals surface area contributed by atoms with Crippen molar-refractivity contribution in [2.45, 2.75) is 36.6 Å². The predicted octanol–water partition coefficient (Wildman–Crippen LogP) is 1.34. The first-order valence-electron chi connectivity index (χ1n) is 7.70. The molecule has 4 N–H and O–H groups in total. The number of primary sulfonamides is 1. The van der Waals surface area contributed by atoms with Crippen LogP contribution in [0.3, 0.4) is 0 Å². The number of nitrogens with two attached hydrogens (primary N) is 2. The quantitative estimate of drug-likeness (QED) is 0.761. The lowest BCUT2D eigenvalue weighted by Crippen LogP contribution is -2.42. The normalized spacial score (nSPS) is 19.1. The average molecular weight is 364 g/mol. The van der Waals surface area contributed by atoms with Gasteiger partial charge in [0.15, 0.2) is 0 Å². The zero-order valence-corrected chi connectivity index (χ0v) is 14.8. The Morgan fingerprint density at radius 2 is 1.91 bits per heavy atom. The van der Waals surface area contributed by atoms with Gasteiger partial charge in [0.1, 0.15) is 12.4 Å². The maximum atomic E-state index is 11.2. The Labute approximate surface area is 144 Å². The number of halogens is 1. The maximum absolute atomic E-state index is 11.2. The van der Waals surface area contributed by atoms with Crippen molar-refractivity contribution >= 4 is 22.4 Å². The first-order valence-corrected chi connectivity index (χ1v) is 9.25. The Bertz CT molecular complexity index is 564. The monoisotopic (exact) mass is 363 g/mol. The van der Waals surface area contributed by atoms with E-state index in [9.17, 15) is 8.42 Å². The summed E-state index contributed by atoms with van der Waals surface area (Å²) in [6, 6.07) is 6.75. The molecule has 6 nitrogen and oxygen atoms in total. The van der Waals surface area contributed by atoms with Crippen LogP contribution in [0, 0.1) is 0 Å². The molecule has 0 bridgehead atoms. The summed E-state index contributed by atoms with van der Waals surface area (Å²) in [6.07, 6.45) is 4.74. The van der Waals surface area contributed by atoms with E-state index < -0.39 is 10.0 Å². The van der Waals surface area contributed by atoms with Gasteiger partial charge in [-0.1, -0.05) is 6.42 Å². The summed E-state index contributed by atoms with van der Waals surface area (Å²) < 4.78 is 28.1. The molecule has 0 spiro atoms. The maximum Gasteiger partial charge on any atom is 0.238 e. The van der Waals surface area contributed by atoms with Crippen LogP contribution in [0.15, 0.2) is 29.2 Å². The fourth-order valence-corrected chi connectivity index (χ4v) is 3.40. The number of nitrogens with zero attached hydrogens (tertiary/aromatic N) is 1. The summed E-state index contributed by atoms with van der Waals surface area (Å²) in [5, 5.41) is 5.06. The van der Waals surface area contributed by atoms with E-state index in [2.05, 4.69) is 4.90 Å². The highest BCUT2D eigenvalue weighted by atomic mass is 35.5. The molecule has 0 radical (unpaired) electrons. The van der Waals surface area contributed by atoms with Crippen molar-refractivity contribution < 1.29 is 13.2 Å². The van der Waals surface area contributed by atoms with Gasteiger partial charge < -0.3 is 10.5 Å². The van der Waals surface area contributed by atoms with Crippen LogP contribution in [0.4, 0.5) is 0 Å². The summed E-state index contributed by atoms with van der Waals surface area (Å²) in [5.41, 5.74) is 5.67. The van der Waals surface area contributed by atoms with Crippen LogP contribution in [0.2, 0.25) is 0 Å². The van der Waals surface area contributed by atoms with Crippen LogP contribution in [-0.2, 0) is 10.0 Å². The van der Waals surface area contributed by atoms with Crippen LogP contribution in [-0.4, -0.2) is 45.6 Å². The second-order valence-corrected chi connectivity index (χ2v) is 7.19. The van der Waals surface area contributed by atoms with Crippen molar-refractivity contribution in [3.05, 3.63) is 24.3 Å². The molecule has 1 atom stereocenters. The molecular formula is C15H26ClN3O3S. The molecule has 1 aliphatic heterocycles. The lowest BCUT2D eigenvalue weighted by Gasteiger charge is -2.35. The lowest BCUT2D eigenvalue weighted by atomic mass is 9.99. The van der Waals surface area contributed by atoms with Crippen molar-refractivity contribution in [3.63, 3.8) is 0 Å². The third-order valence-corrected chi connectivity index (χ3v) is 4.98. The summed E-state index contributed by atoms with van der Waals surface area (Å²) >= 11 is 0. The third kappa shape index (κ3) is 6.27. The predicted molar refractivity (Wildman–Crippen MR) is 93.4 cm³/mol. The minimum Gasteiger partial charge on any atom is -0.492 e. The molecule has 23 heavy (non-hydrogen) atoms. The highest BCUT2D eigenvalue weighted by Crippen LogP contribution is 2.19. The summed E-state index contributed by atoms with van der Waals surface area (Å²) in [5.74, 6) is 0.653. The van der Waals surface area contributed by atoms with E-state index in [4.69, 9.17) is 15.6 Å². The molecule has 1 saturated heterocycles. The Hall–Kier alpha value is -0.860. The molecule has 8 heteroatoms. The first kappa shape index (κ1) is 20.2. The van der Waals surface area contributed by atoms with Gasteiger partial charge in [-0.3, -0.25) is 4.90 Å². The third-order valence-electron chi connectivity index (χ3n) is 4.05. The SMILES string of the molecule is Cl.NCCC1CCCCN1CCOc1ccc(S(N)(=O)=O)cc1. The molecule has 2 rings (SSSR count). The van der Waals surface area contributed by atoms with E-state index in [1.165, 1.54) is 31.4 Å². The van der Waals surface area contributed by atoms with Gasteiger partial charge in [-0.05, 0) is 56.6 Å². The summed E-state index contributed by atoms with van der Waals surface area (Å²) in [4.78, 5) is 2.54. The van der Waals surface area contributed by atoms with E-state index in [-0.39, 0.29) is 17.3 Å². The molecule has 0 aromatic heterocycles. The molecule has 1 aliphatic rings. The van der Waals surface area contributed by atoms with Gasteiger partial charge >= 0.3 is 0 Å². The fourth-order valence-electron chi connectivity index (χ4n) is 2.88. The van der Waals surface area contributed by atoms with Crippen molar-refractivity contribution in [2.75, 3.05) is 26.2 Å². The van der Waals surface area contributed by atoms with Gasteiger partial charge in [-0.15, -0.1) is 12.4 Å². The number of sulfonamides is 1. The highest BCUT2D eigenvalue weighted by Gasteiger charge is 2.21. The van der Waals surface area contributed by atoms with E-state index >= 15 is 0 Å². The molecule has 1 aromatic rings. The van der Waals surface area contributed by atoms with Gasteiger partial charge in [0.05, 0.1) is 4.90 Å². The molecule has 0 aliphatic carbocycles. The van der Waals surface area contributed by atoms with Gasteiger partial charge in [-0.2, -0.15) is 0 Å². The number of hydrogen-bond acceptors (Lipinski definition) is 5. The van der Waals surface area contributed by atoms with E-state index in [0.717, 1.165) is 26.1 Å².